The lowest BCUT2D eigenvalue weighted by Gasteiger charge is -2.14. The highest BCUT2D eigenvalue weighted by Gasteiger charge is 2.08. The summed E-state index contributed by atoms with van der Waals surface area (Å²) in [7, 11) is 0. The highest BCUT2D eigenvalue weighted by atomic mass is 35.5. The molecule has 2 rings (SSSR count). The average molecular weight is 278 g/mol. The van der Waals surface area contributed by atoms with Gasteiger partial charge in [-0.2, -0.15) is 0 Å². The first-order chi connectivity index (χ1) is 9.08. The standard InChI is InChI=1S/C15H16ClNO2/c1-10(18)13-4-2-3-5-14(13)17-9-11-8-12(16)6-7-15(11)19/h2-8,10,17-19H,9H2,1H3. The van der Waals surface area contributed by atoms with Crippen LogP contribution in [0.1, 0.15) is 24.2 Å². The summed E-state index contributed by atoms with van der Waals surface area (Å²) in [6.45, 7) is 2.16. The highest BCUT2D eigenvalue weighted by Crippen LogP contribution is 2.25. The smallest absolute Gasteiger partial charge is 0.120 e. The lowest BCUT2D eigenvalue weighted by atomic mass is 10.1. The maximum atomic E-state index is 9.74. The van der Waals surface area contributed by atoms with Gasteiger partial charge in [-0.15, -0.1) is 0 Å². The first-order valence-corrected chi connectivity index (χ1v) is 6.44. The normalized spacial score (nSPS) is 12.2. The van der Waals surface area contributed by atoms with Crippen molar-refractivity contribution in [2.45, 2.75) is 19.6 Å². The number of rotatable bonds is 4. The first kappa shape index (κ1) is 13.7. The second kappa shape index (κ2) is 5.95. The Morgan fingerprint density at radius 3 is 2.68 bits per heavy atom. The molecular formula is C15H16ClNO2. The van der Waals surface area contributed by atoms with Gasteiger partial charge >= 0.3 is 0 Å². The summed E-state index contributed by atoms with van der Waals surface area (Å²) in [5.41, 5.74) is 2.38. The molecule has 19 heavy (non-hydrogen) atoms. The summed E-state index contributed by atoms with van der Waals surface area (Å²) in [5.74, 6) is 0.200. The molecule has 3 N–H and O–H groups in total. The van der Waals surface area contributed by atoms with Crippen LogP contribution in [0.5, 0.6) is 5.75 Å². The Labute approximate surface area is 117 Å². The van der Waals surface area contributed by atoms with Crippen molar-refractivity contribution in [2.24, 2.45) is 0 Å². The molecule has 0 bridgehead atoms. The van der Waals surface area contributed by atoms with Crippen LogP contribution in [-0.4, -0.2) is 10.2 Å². The second-order valence-electron chi connectivity index (χ2n) is 4.39. The molecule has 0 heterocycles. The predicted molar refractivity (Wildman–Crippen MR) is 77.5 cm³/mol. The molecular weight excluding hydrogens is 262 g/mol. The van der Waals surface area contributed by atoms with Crippen molar-refractivity contribution < 1.29 is 10.2 Å². The van der Waals surface area contributed by atoms with E-state index in [0.29, 0.717) is 17.1 Å². The van der Waals surface area contributed by atoms with E-state index in [2.05, 4.69) is 5.32 Å². The molecule has 0 spiro atoms. The van der Waals surface area contributed by atoms with Gasteiger partial charge in [-0.25, -0.2) is 0 Å². The van der Waals surface area contributed by atoms with Gasteiger partial charge in [0.15, 0.2) is 0 Å². The number of aromatic hydroxyl groups is 1. The Hall–Kier alpha value is -1.71. The molecule has 3 nitrogen and oxygen atoms in total. The van der Waals surface area contributed by atoms with E-state index >= 15 is 0 Å². The number of hydrogen-bond donors (Lipinski definition) is 3. The Balaban J connectivity index is 2.17. The van der Waals surface area contributed by atoms with Gasteiger partial charge in [-0.05, 0) is 31.2 Å². The van der Waals surface area contributed by atoms with Crippen molar-refractivity contribution in [3.05, 3.63) is 58.6 Å². The SMILES string of the molecule is CC(O)c1ccccc1NCc1cc(Cl)ccc1O. The number of nitrogens with one attached hydrogen (secondary N) is 1. The molecule has 0 aliphatic carbocycles. The molecule has 1 atom stereocenters. The number of anilines is 1. The monoisotopic (exact) mass is 277 g/mol. The zero-order chi connectivity index (χ0) is 13.8. The van der Waals surface area contributed by atoms with Crippen LogP contribution in [0, 0.1) is 0 Å². The fourth-order valence-corrected chi connectivity index (χ4v) is 2.10. The zero-order valence-electron chi connectivity index (χ0n) is 10.6. The van der Waals surface area contributed by atoms with E-state index in [4.69, 9.17) is 11.6 Å². The van der Waals surface area contributed by atoms with Gasteiger partial charge in [0.2, 0.25) is 0 Å². The Kier molecular flexibility index (Phi) is 4.30. The molecule has 4 heteroatoms. The summed E-state index contributed by atoms with van der Waals surface area (Å²) in [6.07, 6.45) is -0.545. The van der Waals surface area contributed by atoms with E-state index < -0.39 is 6.10 Å². The van der Waals surface area contributed by atoms with Crippen molar-refractivity contribution in [1.29, 1.82) is 0 Å². The van der Waals surface area contributed by atoms with E-state index in [9.17, 15) is 10.2 Å². The fourth-order valence-electron chi connectivity index (χ4n) is 1.91. The molecule has 0 fully saturated rings. The van der Waals surface area contributed by atoms with Gasteiger partial charge < -0.3 is 15.5 Å². The minimum Gasteiger partial charge on any atom is -0.508 e. The van der Waals surface area contributed by atoms with Gasteiger partial charge in [0.05, 0.1) is 6.10 Å². The number of hydrogen-bond acceptors (Lipinski definition) is 3. The third kappa shape index (κ3) is 3.40. The molecule has 0 saturated carbocycles. The van der Waals surface area contributed by atoms with Crippen LogP contribution >= 0.6 is 11.6 Å². The number of phenolic OH excluding ortho intramolecular Hbond substituents is 1. The van der Waals surface area contributed by atoms with Crippen molar-refractivity contribution in [2.75, 3.05) is 5.32 Å². The van der Waals surface area contributed by atoms with Gasteiger partial charge in [0.1, 0.15) is 5.75 Å². The number of benzene rings is 2. The molecule has 0 saturated heterocycles. The largest absolute Gasteiger partial charge is 0.508 e. The molecule has 0 aliphatic heterocycles. The highest BCUT2D eigenvalue weighted by molar-refractivity contribution is 6.30. The molecule has 0 amide bonds. The molecule has 0 aliphatic rings. The maximum Gasteiger partial charge on any atom is 0.120 e. The number of para-hydroxylation sites is 1. The first-order valence-electron chi connectivity index (χ1n) is 6.06. The summed E-state index contributed by atoms with van der Waals surface area (Å²) in [5, 5.41) is 23.2. The molecule has 1 unspecified atom stereocenters. The Bertz CT molecular complexity index is 570. The van der Waals surface area contributed by atoms with Crippen molar-refractivity contribution in [3.63, 3.8) is 0 Å². The summed E-state index contributed by atoms with van der Waals surface area (Å²) in [6, 6.07) is 12.5. The van der Waals surface area contributed by atoms with Crippen molar-refractivity contribution >= 4 is 17.3 Å². The zero-order valence-corrected chi connectivity index (χ0v) is 11.4. The van der Waals surface area contributed by atoms with Crippen LogP contribution in [0.4, 0.5) is 5.69 Å². The lowest BCUT2D eigenvalue weighted by Crippen LogP contribution is -2.04. The van der Waals surface area contributed by atoms with Gasteiger partial charge in [-0.1, -0.05) is 29.8 Å². The minimum atomic E-state index is -0.545. The summed E-state index contributed by atoms with van der Waals surface area (Å²) >= 11 is 5.90. The summed E-state index contributed by atoms with van der Waals surface area (Å²) < 4.78 is 0. The van der Waals surface area contributed by atoms with Gasteiger partial charge in [0, 0.05) is 28.4 Å². The lowest BCUT2D eigenvalue weighted by molar-refractivity contribution is 0.200. The van der Waals surface area contributed by atoms with E-state index in [1.54, 1.807) is 25.1 Å². The fraction of sp³-hybridized carbons (Fsp3) is 0.200. The maximum absolute atomic E-state index is 9.74. The van der Waals surface area contributed by atoms with E-state index in [1.165, 1.54) is 0 Å². The number of halogens is 1. The average Bonchev–Trinajstić information content (AvgIpc) is 2.40. The molecule has 100 valence electrons. The van der Waals surface area contributed by atoms with Crippen LogP contribution in [0.2, 0.25) is 5.02 Å². The quantitative estimate of drug-likeness (QED) is 0.798. The van der Waals surface area contributed by atoms with Crippen molar-refractivity contribution in [1.82, 2.24) is 0 Å². The number of aliphatic hydroxyl groups is 1. The Morgan fingerprint density at radius 2 is 1.95 bits per heavy atom. The third-order valence-electron chi connectivity index (χ3n) is 2.92. The van der Waals surface area contributed by atoms with Crippen LogP contribution in [0.3, 0.4) is 0 Å². The molecule has 2 aromatic rings. The molecule has 2 aromatic carbocycles. The van der Waals surface area contributed by atoms with E-state index in [0.717, 1.165) is 11.3 Å². The van der Waals surface area contributed by atoms with Crippen LogP contribution < -0.4 is 5.32 Å². The van der Waals surface area contributed by atoms with Crippen LogP contribution in [-0.2, 0) is 6.54 Å². The molecule has 0 aromatic heterocycles. The minimum absolute atomic E-state index is 0.200. The topological polar surface area (TPSA) is 52.5 Å². The van der Waals surface area contributed by atoms with E-state index in [1.807, 2.05) is 24.3 Å². The van der Waals surface area contributed by atoms with E-state index in [-0.39, 0.29) is 5.75 Å². The predicted octanol–water partition coefficient (Wildman–Crippen LogP) is 3.71. The summed E-state index contributed by atoms with van der Waals surface area (Å²) in [4.78, 5) is 0. The Morgan fingerprint density at radius 1 is 1.21 bits per heavy atom. The van der Waals surface area contributed by atoms with Crippen LogP contribution in [0.25, 0.3) is 0 Å². The van der Waals surface area contributed by atoms with Crippen molar-refractivity contribution in [3.8, 4) is 5.75 Å². The number of phenols is 1. The second-order valence-corrected chi connectivity index (χ2v) is 4.83. The third-order valence-corrected chi connectivity index (χ3v) is 3.16. The molecule has 0 radical (unpaired) electrons. The number of aliphatic hydroxyl groups excluding tert-OH is 1. The van der Waals surface area contributed by atoms with Gasteiger partial charge in [0.25, 0.3) is 0 Å². The van der Waals surface area contributed by atoms with Crippen LogP contribution in [0.15, 0.2) is 42.5 Å². The van der Waals surface area contributed by atoms with Gasteiger partial charge in [-0.3, -0.25) is 0 Å².